The number of nitrogens with zero attached hydrogens (tertiary/aromatic N) is 4. The lowest BCUT2D eigenvalue weighted by Gasteiger charge is -2.35. The van der Waals surface area contributed by atoms with Gasteiger partial charge in [0.15, 0.2) is 0 Å². The van der Waals surface area contributed by atoms with Crippen LogP contribution in [0, 0.1) is 0 Å². The van der Waals surface area contributed by atoms with Crippen LogP contribution in [-0.4, -0.2) is 64.9 Å². The lowest BCUT2D eigenvalue weighted by molar-refractivity contribution is -0.138. The Labute approximate surface area is 149 Å². The summed E-state index contributed by atoms with van der Waals surface area (Å²) >= 11 is 0. The molecule has 1 aliphatic rings. The Morgan fingerprint density at radius 2 is 2.00 bits per heavy atom. The molecular formula is C19H26N4O2. The molecule has 0 spiro atoms. The first-order valence-electron chi connectivity index (χ1n) is 8.84. The number of hydrogen-bond donors (Lipinski definition) is 0. The van der Waals surface area contributed by atoms with Gasteiger partial charge >= 0.3 is 0 Å². The number of carbonyl (C=O) groups is 1. The summed E-state index contributed by atoms with van der Waals surface area (Å²) in [5.41, 5.74) is 2.13. The van der Waals surface area contributed by atoms with Gasteiger partial charge in [-0.1, -0.05) is 19.1 Å². The third kappa shape index (κ3) is 4.27. The predicted molar refractivity (Wildman–Crippen MR) is 96.5 cm³/mol. The minimum atomic E-state index is -0.0581. The first-order chi connectivity index (χ1) is 12.2. The molecule has 1 aromatic carbocycles. The molecule has 2 aromatic rings. The van der Waals surface area contributed by atoms with E-state index in [1.165, 1.54) is 0 Å². The van der Waals surface area contributed by atoms with Crippen LogP contribution in [-0.2, 0) is 16.1 Å². The number of ether oxygens (including phenoxy) is 1. The Balaban J connectivity index is 1.62. The van der Waals surface area contributed by atoms with E-state index in [9.17, 15) is 4.79 Å². The van der Waals surface area contributed by atoms with Gasteiger partial charge in [-0.15, -0.1) is 0 Å². The number of likely N-dealkylation sites (N-methyl/N-ethyl adjacent to an activating group) is 1. The van der Waals surface area contributed by atoms with Gasteiger partial charge in [-0.05, 0) is 30.2 Å². The molecule has 3 rings (SSSR count). The van der Waals surface area contributed by atoms with Crippen LogP contribution in [0.4, 0.5) is 0 Å². The molecule has 6 nitrogen and oxygen atoms in total. The largest absolute Gasteiger partial charge is 0.379 e. The van der Waals surface area contributed by atoms with Gasteiger partial charge in [0, 0.05) is 39.1 Å². The molecule has 1 saturated heterocycles. The van der Waals surface area contributed by atoms with E-state index in [0.717, 1.165) is 30.8 Å². The second kappa shape index (κ2) is 8.27. The Morgan fingerprint density at radius 1 is 1.28 bits per heavy atom. The molecule has 25 heavy (non-hydrogen) atoms. The number of hydrogen-bond acceptors (Lipinski definition) is 4. The van der Waals surface area contributed by atoms with Crippen molar-refractivity contribution in [3.05, 3.63) is 48.3 Å². The second-order valence-corrected chi connectivity index (χ2v) is 6.38. The van der Waals surface area contributed by atoms with E-state index < -0.39 is 0 Å². The third-order valence-corrected chi connectivity index (χ3v) is 4.66. The van der Waals surface area contributed by atoms with E-state index in [0.29, 0.717) is 19.8 Å². The van der Waals surface area contributed by atoms with Gasteiger partial charge in [-0.3, -0.25) is 9.69 Å². The zero-order chi connectivity index (χ0) is 17.6. The zero-order valence-electron chi connectivity index (χ0n) is 15.0. The average Bonchev–Trinajstić information content (AvgIpc) is 3.18. The molecule has 1 aromatic heterocycles. The standard InChI is InChI=1S/C19H26N4O2/c1-3-18(22-11-13-25-14-12-22)19(24)21(2)15-16-5-7-17(8-6-16)23-10-4-9-20-23/h4-10,18H,3,11-15H2,1-2H3. The van der Waals surface area contributed by atoms with Gasteiger partial charge in [0.25, 0.3) is 0 Å². The molecule has 2 heterocycles. The Hall–Kier alpha value is -2.18. The van der Waals surface area contributed by atoms with Crippen molar-refractivity contribution in [3.63, 3.8) is 0 Å². The van der Waals surface area contributed by atoms with E-state index in [1.54, 1.807) is 6.20 Å². The first kappa shape index (κ1) is 17.6. The topological polar surface area (TPSA) is 50.6 Å². The highest BCUT2D eigenvalue weighted by atomic mass is 16.5. The lowest BCUT2D eigenvalue weighted by atomic mass is 10.1. The first-order valence-corrected chi connectivity index (χ1v) is 8.84. The molecule has 0 saturated carbocycles. The molecule has 1 amide bonds. The van der Waals surface area contributed by atoms with Crippen molar-refractivity contribution in [1.29, 1.82) is 0 Å². The van der Waals surface area contributed by atoms with E-state index in [-0.39, 0.29) is 11.9 Å². The molecule has 1 fully saturated rings. The molecule has 0 bridgehead atoms. The minimum absolute atomic E-state index is 0.0581. The van der Waals surface area contributed by atoms with Gasteiger partial charge in [-0.25, -0.2) is 4.68 Å². The maximum Gasteiger partial charge on any atom is 0.239 e. The van der Waals surface area contributed by atoms with E-state index >= 15 is 0 Å². The van der Waals surface area contributed by atoms with Crippen molar-refractivity contribution in [2.45, 2.75) is 25.9 Å². The monoisotopic (exact) mass is 342 g/mol. The number of rotatable bonds is 6. The van der Waals surface area contributed by atoms with E-state index in [2.05, 4.69) is 29.1 Å². The zero-order valence-corrected chi connectivity index (χ0v) is 15.0. The highest BCUT2D eigenvalue weighted by Gasteiger charge is 2.28. The normalized spacial score (nSPS) is 16.6. The average molecular weight is 342 g/mol. The van der Waals surface area contributed by atoms with Gasteiger partial charge in [-0.2, -0.15) is 5.10 Å². The summed E-state index contributed by atoms with van der Waals surface area (Å²) in [6.45, 7) is 5.77. The van der Waals surface area contributed by atoms with Gasteiger partial charge < -0.3 is 9.64 Å². The highest BCUT2D eigenvalue weighted by molar-refractivity contribution is 5.81. The van der Waals surface area contributed by atoms with E-state index in [4.69, 9.17) is 4.74 Å². The summed E-state index contributed by atoms with van der Waals surface area (Å²) in [5.74, 6) is 0.181. The second-order valence-electron chi connectivity index (χ2n) is 6.38. The minimum Gasteiger partial charge on any atom is -0.379 e. The SMILES string of the molecule is CCC(C(=O)N(C)Cc1ccc(-n2cccn2)cc1)N1CCOCC1. The van der Waals surface area contributed by atoms with Crippen LogP contribution in [0.25, 0.3) is 5.69 Å². The summed E-state index contributed by atoms with van der Waals surface area (Å²) in [5, 5.41) is 4.23. The van der Waals surface area contributed by atoms with Crippen LogP contribution in [0.1, 0.15) is 18.9 Å². The fraction of sp³-hybridized carbons (Fsp3) is 0.474. The van der Waals surface area contributed by atoms with Crippen LogP contribution in [0.5, 0.6) is 0 Å². The Morgan fingerprint density at radius 3 is 2.60 bits per heavy atom. The van der Waals surface area contributed by atoms with Crippen molar-refractivity contribution < 1.29 is 9.53 Å². The molecule has 0 aliphatic carbocycles. The van der Waals surface area contributed by atoms with Crippen molar-refractivity contribution >= 4 is 5.91 Å². The maximum atomic E-state index is 12.9. The van der Waals surface area contributed by atoms with Crippen molar-refractivity contribution in [1.82, 2.24) is 19.6 Å². The number of amides is 1. The van der Waals surface area contributed by atoms with Crippen LogP contribution in [0.2, 0.25) is 0 Å². The molecular weight excluding hydrogens is 316 g/mol. The molecule has 1 atom stereocenters. The van der Waals surface area contributed by atoms with Crippen LogP contribution >= 0.6 is 0 Å². The Kier molecular flexibility index (Phi) is 5.83. The summed E-state index contributed by atoms with van der Waals surface area (Å²) in [4.78, 5) is 16.9. The van der Waals surface area contributed by atoms with Gasteiger partial charge in [0.2, 0.25) is 5.91 Å². The molecule has 6 heteroatoms. The Bertz CT molecular complexity index is 663. The van der Waals surface area contributed by atoms with Crippen molar-refractivity contribution in [2.24, 2.45) is 0 Å². The van der Waals surface area contributed by atoms with Crippen LogP contribution < -0.4 is 0 Å². The summed E-state index contributed by atoms with van der Waals surface area (Å²) in [7, 11) is 1.88. The van der Waals surface area contributed by atoms with Crippen molar-refractivity contribution in [2.75, 3.05) is 33.4 Å². The van der Waals surface area contributed by atoms with Gasteiger partial charge in [0.1, 0.15) is 0 Å². The summed E-state index contributed by atoms with van der Waals surface area (Å²) in [6, 6.07) is 10.0. The quantitative estimate of drug-likeness (QED) is 0.805. The fourth-order valence-corrected chi connectivity index (χ4v) is 3.26. The number of aromatic nitrogens is 2. The molecule has 134 valence electrons. The number of benzene rings is 1. The van der Waals surface area contributed by atoms with Crippen LogP contribution in [0.3, 0.4) is 0 Å². The number of morpholine rings is 1. The summed E-state index contributed by atoms with van der Waals surface area (Å²) < 4.78 is 7.22. The number of carbonyl (C=O) groups excluding carboxylic acids is 1. The van der Waals surface area contributed by atoms with Crippen LogP contribution in [0.15, 0.2) is 42.7 Å². The molecule has 0 radical (unpaired) electrons. The van der Waals surface area contributed by atoms with Crippen molar-refractivity contribution in [3.8, 4) is 5.69 Å². The van der Waals surface area contributed by atoms with E-state index in [1.807, 2.05) is 41.0 Å². The third-order valence-electron chi connectivity index (χ3n) is 4.66. The molecule has 1 unspecified atom stereocenters. The fourth-order valence-electron chi connectivity index (χ4n) is 3.26. The lowest BCUT2D eigenvalue weighted by Crippen LogP contribution is -2.51. The predicted octanol–water partition coefficient (Wildman–Crippen LogP) is 1.94. The molecule has 1 aliphatic heterocycles. The smallest absolute Gasteiger partial charge is 0.239 e. The molecule has 0 N–H and O–H groups in total. The summed E-state index contributed by atoms with van der Waals surface area (Å²) in [6.07, 6.45) is 4.50. The van der Waals surface area contributed by atoms with Gasteiger partial charge in [0.05, 0.1) is 24.9 Å². The maximum absolute atomic E-state index is 12.9. The highest BCUT2D eigenvalue weighted by Crippen LogP contribution is 2.14.